The van der Waals surface area contributed by atoms with Crippen LogP contribution < -0.4 is 24.8 Å². The van der Waals surface area contributed by atoms with Crippen molar-refractivity contribution in [3.05, 3.63) is 129 Å². The Bertz CT molecular complexity index is 1690. The zero-order valence-electron chi connectivity index (χ0n) is 29.5. The second kappa shape index (κ2) is 13.3. The molecule has 47 heavy (non-hydrogen) atoms. The van der Waals surface area contributed by atoms with Gasteiger partial charge in [-0.3, -0.25) is 0 Å². The molecule has 7 rings (SSSR count). The van der Waals surface area contributed by atoms with Crippen molar-refractivity contribution in [1.29, 1.82) is 0 Å². The molecular formula is C44H50Cl2Zr. The third-order valence-corrected chi connectivity index (χ3v) is 24.3. The molecule has 0 amide bonds. The standard InChI is InChI=1S/2C21H23.C2H4.2ClH.Zr/c2*1-5-15-13-17-7-6-8-19(20(17)14-15)16-9-11-18(12-10-16)21(2,3)4;1-2;;;/h2*6-14H,5H2,1-4H3;1-2H2;2*1H;/q;;;;;+2/p-2. The molecule has 4 aromatic rings. The number of hydrogen-bond acceptors (Lipinski definition) is 0. The molecule has 4 aromatic carbocycles. The third kappa shape index (κ3) is 6.24. The Hall–Kier alpha value is -2.18. The predicted molar refractivity (Wildman–Crippen MR) is 193 cm³/mol. The summed E-state index contributed by atoms with van der Waals surface area (Å²) in [5.74, 6) is 0. The Labute approximate surface area is 301 Å². The quantitative estimate of drug-likeness (QED) is 0.200. The first kappa shape index (κ1) is 36.1. The van der Waals surface area contributed by atoms with Crippen LogP contribution in [0.1, 0.15) is 109 Å². The second-order valence-electron chi connectivity index (χ2n) is 16.0. The largest absolute Gasteiger partial charge is 1.00 e. The van der Waals surface area contributed by atoms with Gasteiger partial charge in [0.15, 0.2) is 0 Å². The fourth-order valence-corrected chi connectivity index (χ4v) is 26.5. The van der Waals surface area contributed by atoms with E-state index in [1.54, 1.807) is 22.3 Å². The predicted octanol–water partition coefficient (Wildman–Crippen LogP) is 7.02. The molecule has 1 fully saturated rings. The Morgan fingerprint density at radius 3 is 1.19 bits per heavy atom. The third-order valence-electron chi connectivity index (χ3n) is 11.2. The van der Waals surface area contributed by atoms with Crippen molar-refractivity contribution in [2.75, 3.05) is 0 Å². The first-order valence-electron chi connectivity index (χ1n) is 17.3. The minimum absolute atomic E-state index is 0. The first-order chi connectivity index (χ1) is 21.5. The summed E-state index contributed by atoms with van der Waals surface area (Å²) >= 11 is -2.71. The molecule has 0 bridgehead atoms. The van der Waals surface area contributed by atoms with Crippen LogP contribution in [0.3, 0.4) is 0 Å². The number of fused-ring (bicyclic) bond motifs is 2. The van der Waals surface area contributed by atoms with Gasteiger partial charge in [-0.2, -0.15) is 0 Å². The van der Waals surface area contributed by atoms with Gasteiger partial charge in [0.05, 0.1) is 0 Å². The summed E-state index contributed by atoms with van der Waals surface area (Å²) in [4.78, 5) is 0. The van der Waals surface area contributed by atoms with E-state index in [0.29, 0.717) is 7.25 Å². The average molecular weight is 741 g/mol. The molecule has 2 atom stereocenters. The van der Waals surface area contributed by atoms with Crippen LogP contribution in [-0.2, 0) is 31.1 Å². The molecule has 1 heterocycles. The fraction of sp³-hybridized carbons (Fsp3) is 0.364. The van der Waals surface area contributed by atoms with Crippen LogP contribution >= 0.6 is 0 Å². The molecule has 1 saturated heterocycles. The molecule has 3 aliphatic rings. The van der Waals surface area contributed by atoms with E-state index in [0.717, 1.165) is 12.8 Å². The molecule has 0 spiro atoms. The van der Waals surface area contributed by atoms with Crippen molar-refractivity contribution in [2.45, 2.75) is 94.6 Å². The van der Waals surface area contributed by atoms with Crippen molar-refractivity contribution in [1.82, 2.24) is 0 Å². The minimum atomic E-state index is -2.71. The molecule has 2 unspecified atom stereocenters. The normalized spacial score (nSPS) is 18.5. The maximum absolute atomic E-state index is 2.71. The van der Waals surface area contributed by atoms with Gasteiger partial charge >= 0.3 is 279 Å². The van der Waals surface area contributed by atoms with Gasteiger partial charge in [-0.15, -0.1) is 0 Å². The van der Waals surface area contributed by atoms with Crippen LogP contribution in [0.25, 0.3) is 34.4 Å². The van der Waals surface area contributed by atoms with E-state index in [1.165, 1.54) is 52.8 Å². The Kier molecular flexibility index (Phi) is 10.2. The van der Waals surface area contributed by atoms with Gasteiger partial charge in [-0.1, -0.05) is 0 Å². The zero-order valence-corrected chi connectivity index (χ0v) is 33.4. The monoisotopic (exact) mass is 738 g/mol. The molecular weight excluding hydrogens is 691 g/mol. The van der Waals surface area contributed by atoms with Gasteiger partial charge in [0.25, 0.3) is 0 Å². The molecule has 0 saturated carbocycles. The van der Waals surface area contributed by atoms with Gasteiger partial charge in [-0.25, -0.2) is 0 Å². The van der Waals surface area contributed by atoms with E-state index >= 15 is 0 Å². The Balaban J connectivity index is 0.00000217. The van der Waals surface area contributed by atoms with Crippen LogP contribution in [0.15, 0.2) is 96.1 Å². The molecule has 0 N–H and O–H groups in total. The van der Waals surface area contributed by atoms with E-state index in [4.69, 9.17) is 0 Å². The van der Waals surface area contributed by atoms with Crippen LogP contribution in [-0.4, -0.2) is 0 Å². The summed E-state index contributed by atoms with van der Waals surface area (Å²) in [5.41, 5.74) is 18.4. The number of halogens is 2. The first-order valence-corrected chi connectivity index (χ1v) is 23.7. The Morgan fingerprint density at radius 2 is 0.894 bits per heavy atom. The molecule has 0 aromatic heterocycles. The van der Waals surface area contributed by atoms with Gasteiger partial charge in [0.1, 0.15) is 0 Å². The van der Waals surface area contributed by atoms with Crippen molar-refractivity contribution in [2.24, 2.45) is 0 Å². The average Bonchev–Trinajstić information content (AvgIpc) is 3.55. The second-order valence-corrected chi connectivity index (χ2v) is 27.4. The number of rotatable bonds is 6. The minimum Gasteiger partial charge on any atom is -1.00 e. The number of hydrogen-bond donors (Lipinski definition) is 0. The summed E-state index contributed by atoms with van der Waals surface area (Å²) in [6, 6.07) is 33.3. The van der Waals surface area contributed by atoms with Gasteiger partial charge in [0, 0.05) is 0 Å². The van der Waals surface area contributed by atoms with E-state index < -0.39 is 20.3 Å². The van der Waals surface area contributed by atoms with Crippen LogP contribution in [0, 0.1) is 0 Å². The van der Waals surface area contributed by atoms with Gasteiger partial charge in [0.2, 0.25) is 0 Å². The van der Waals surface area contributed by atoms with E-state index in [9.17, 15) is 0 Å². The maximum atomic E-state index is 2.63. The molecule has 1 aliphatic heterocycles. The van der Waals surface area contributed by atoms with Crippen molar-refractivity contribution in [3.63, 3.8) is 0 Å². The number of benzene rings is 4. The summed E-state index contributed by atoms with van der Waals surface area (Å²) in [6.45, 7) is 18.6. The molecule has 0 radical (unpaired) electrons. The number of allylic oxidation sites excluding steroid dienone is 2. The van der Waals surface area contributed by atoms with Crippen molar-refractivity contribution in [3.8, 4) is 22.3 Å². The van der Waals surface area contributed by atoms with E-state index in [1.807, 2.05) is 0 Å². The van der Waals surface area contributed by atoms with E-state index in [-0.39, 0.29) is 35.6 Å². The summed E-state index contributed by atoms with van der Waals surface area (Å²) in [5, 5.41) is 0. The van der Waals surface area contributed by atoms with E-state index in [2.05, 4.69) is 152 Å². The van der Waals surface area contributed by atoms with Gasteiger partial charge < -0.3 is 24.8 Å². The van der Waals surface area contributed by atoms with Crippen LogP contribution in [0.5, 0.6) is 0 Å². The molecule has 0 nitrogen and oxygen atoms in total. The Morgan fingerprint density at radius 1 is 0.532 bits per heavy atom. The zero-order chi connectivity index (χ0) is 31.7. The smallest absolute Gasteiger partial charge is 1.00 e. The van der Waals surface area contributed by atoms with Crippen LogP contribution in [0.2, 0.25) is 8.26 Å². The molecule has 3 heteroatoms. The van der Waals surface area contributed by atoms with Crippen LogP contribution in [0.4, 0.5) is 0 Å². The molecule has 2 aliphatic carbocycles. The van der Waals surface area contributed by atoms with Gasteiger partial charge in [-0.05, 0) is 0 Å². The van der Waals surface area contributed by atoms with Crippen molar-refractivity contribution >= 4 is 12.2 Å². The summed E-state index contributed by atoms with van der Waals surface area (Å²) in [7, 11) is 0. The summed E-state index contributed by atoms with van der Waals surface area (Å²) in [6.07, 6.45) is 7.57. The molecule has 244 valence electrons. The maximum Gasteiger partial charge on any atom is -1.00 e. The topological polar surface area (TPSA) is 0 Å². The van der Waals surface area contributed by atoms with Crippen molar-refractivity contribution < 1.29 is 45.1 Å². The summed E-state index contributed by atoms with van der Waals surface area (Å²) < 4.78 is 4.39. The SMILES string of the molecule is CCC1=Cc2c(-c3ccc(C(C)(C)C)cc3)cccc2[CH]1[Zr+2]1([CH]2C(CC)=Cc3c(-c4ccc(C(C)(C)C)cc4)cccc32)[CH2][CH2]1.[Cl-].[Cl-]. The fourth-order valence-electron chi connectivity index (χ4n) is 8.59.